The van der Waals surface area contributed by atoms with Crippen molar-refractivity contribution in [1.82, 2.24) is 0 Å². The van der Waals surface area contributed by atoms with Crippen molar-refractivity contribution < 1.29 is 9.47 Å². The van der Waals surface area contributed by atoms with Gasteiger partial charge in [-0.3, -0.25) is 0 Å². The summed E-state index contributed by atoms with van der Waals surface area (Å²) < 4.78 is 11.3. The van der Waals surface area contributed by atoms with Crippen molar-refractivity contribution in [3.63, 3.8) is 0 Å². The molecule has 0 amide bonds. The summed E-state index contributed by atoms with van der Waals surface area (Å²) in [5.41, 5.74) is 6.72. The predicted octanol–water partition coefficient (Wildman–Crippen LogP) is 2.58. The Morgan fingerprint density at radius 1 is 1.38 bits per heavy atom. The van der Waals surface area contributed by atoms with Gasteiger partial charge < -0.3 is 15.2 Å². The summed E-state index contributed by atoms with van der Waals surface area (Å²) in [7, 11) is 0. The van der Waals surface area contributed by atoms with Crippen LogP contribution in [0.5, 0.6) is 0 Å². The Morgan fingerprint density at radius 2 is 2.12 bits per heavy atom. The fraction of sp³-hybridized carbons (Fsp3) is 0.667. The van der Waals surface area contributed by atoms with E-state index in [0.717, 1.165) is 5.56 Å². The van der Waals surface area contributed by atoms with Crippen LogP contribution in [0.25, 0.3) is 0 Å². The van der Waals surface area contributed by atoms with Crippen LogP contribution in [-0.2, 0) is 9.47 Å². The lowest BCUT2D eigenvalue weighted by Crippen LogP contribution is -2.23. The van der Waals surface area contributed by atoms with Crippen LogP contribution in [0, 0.1) is 0 Å². The van der Waals surface area contributed by atoms with Crippen molar-refractivity contribution in [2.45, 2.75) is 32.5 Å². The maximum absolute atomic E-state index is 5.69. The van der Waals surface area contributed by atoms with E-state index in [9.17, 15) is 0 Å². The molecule has 4 heteroatoms. The fourth-order valence-electron chi connectivity index (χ4n) is 1.30. The highest BCUT2D eigenvalue weighted by atomic mass is 32.1. The monoisotopic (exact) mass is 243 g/mol. The third kappa shape index (κ3) is 5.07. The van der Waals surface area contributed by atoms with Crippen LogP contribution in [0.1, 0.15) is 32.4 Å². The van der Waals surface area contributed by atoms with E-state index < -0.39 is 0 Å². The molecule has 1 unspecified atom stereocenters. The third-order valence-corrected chi connectivity index (χ3v) is 2.77. The minimum absolute atomic E-state index is 0.00480. The highest BCUT2D eigenvalue weighted by molar-refractivity contribution is 7.07. The number of ether oxygens (including phenoxy) is 2. The molecule has 1 rings (SSSR count). The third-order valence-electron chi connectivity index (χ3n) is 2.07. The normalized spacial score (nSPS) is 14.0. The van der Waals surface area contributed by atoms with Crippen LogP contribution >= 0.6 is 11.3 Å². The second-order valence-electron chi connectivity index (χ2n) is 4.61. The van der Waals surface area contributed by atoms with Gasteiger partial charge in [-0.25, -0.2) is 0 Å². The second-order valence-corrected chi connectivity index (χ2v) is 5.39. The average Bonchev–Trinajstić information content (AvgIpc) is 2.69. The van der Waals surface area contributed by atoms with Crippen molar-refractivity contribution in [1.29, 1.82) is 0 Å². The topological polar surface area (TPSA) is 44.5 Å². The Bertz CT molecular complexity index is 280. The summed E-state index contributed by atoms with van der Waals surface area (Å²) in [6.07, 6.45) is -0.00480. The van der Waals surface area contributed by atoms with Crippen molar-refractivity contribution in [3.8, 4) is 0 Å². The molecule has 16 heavy (non-hydrogen) atoms. The summed E-state index contributed by atoms with van der Waals surface area (Å²) in [4.78, 5) is 0. The minimum Gasteiger partial charge on any atom is -0.373 e. The lowest BCUT2D eigenvalue weighted by atomic mass is 10.2. The standard InChI is InChI=1S/C12H21NO2S/c1-12(2,3)15-6-5-14-11(8-13)10-4-7-16-9-10/h4,7,9,11H,5-6,8,13H2,1-3H3. The van der Waals surface area contributed by atoms with Crippen LogP contribution in [-0.4, -0.2) is 25.4 Å². The Labute approximate surface area is 102 Å². The van der Waals surface area contributed by atoms with Crippen molar-refractivity contribution in [2.75, 3.05) is 19.8 Å². The molecule has 1 heterocycles. The van der Waals surface area contributed by atoms with E-state index in [2.05, 4.69) is 5.38 Å². The molecule has 0 spiro atoms. The van der Waals surface area contributed by atoms with Crippen LogP contribution in [0.15, 0.2) is 16.8 Å². The molecule has 0 fully saturated rings. The van der Waals surface area contributed by atoms with Gasteiger partial charge in [0.1, 0.15) is 0 Å². The second kappa shape index (κ2) is 6.35. The summed E-state index contributed by atoms with van der Waals surface area (Å²) in [6, 6.07) is 2.05. The Kier molecular flexibility index (Phi) is 5.41. The van der Waals surface area contributed by atoms with Gasteiger partial charge in [-0.1, -0.05) is 0 Å². The minimum atomic E-state index is -0.107. The molecule has 0 aliphatic heterocycles. The van der Waals surface area contributed by atoms with Crippen LogP contribution in [0.2, 0.25) is 0 Å². The number of nitrogens with two attached hydrogens (primary N) is 1. The number of hydrogen-bond acceptors (Lipinski definition) is 4. The Morgan fingerprint density at radius 3 is 2.62 bits per heavy atom. The van der Waals surface area contributed by atoms with Gasteiger partial charge in [-0.2, -0.15) is 11.3 Å². The molecule has 0 radical (unpaired) electrons. The molecule has 1 aromatic rings. The van der Waals surface area contributed by atoms with Crippen LogP contribution < -0.4 is 5.73 Å². The predicted molar refractivity (Wildman–Crippen MR) is 67.8 cm³/mol. The lowest BCUT2D eigenvalue weighted by Gasteiger charge is -2.21. The molecule has 0 saturated heterocycles. The van der Waals surface area contributed by atoms with Gasteiger partial charge in [0.15, 0.2) is 0 Å². The quantitative estimate of drug-likeness (QED) is 0.781. The smallest absolute Gasteiger partial charge is 0.0956 e. The first-order valence-corrected chi connectivity index (χ1v) is 6.45. The summed E-state index contributed by atoms with van der Waals surface area (Å²) in [6.45, 7) is 7.79. The summed E-state index contributed by atoms with van der Waals surface area (Å²) in [5.74, 6) is 0. The Hall–Kier alpha value is -0.420. The lowest BCUT2D eigenvalue weighted by molar-refractivity contribution is -0.0505. The van der Waals surface area contributed by atoms with Gasteiger partial charge in [0.25, 0.3) is 0 Å². The van der Waals surface area contributed by atoms with E-state index in [4.69, 9.17) is 15.2 Å². The molecule has 2 N–H and O–H groups in total. The van der Waals surface area contributed by atoms with Crippen molar-refractivity contribution in [3.05, 3.63) is 22.4 Å². The van der Waals surface area contributed by atoms with Crippen molar-refractivity contribution in [2.24, 2.45) is 5.73 Å². The van der Waals surface area contributed by atoms with E-state index in [1.165, 1.54) is 0 Å². The van der Waals surface area contributed by atoms with Crippen molar-refractivity contribution >= 4 is 11.3 Å². The molecule has 0 aromatic carbocycles. The van der Waals surface area contributed by atoms with E-state index in [1.54, 1.807) is 11.3 Å². The fourth-order valence-corrected chi connectivity index (χ4v) is 2.00. The van der Waals surface area contributed by atoms with Gasteiger partial charge in [0, 0.05) is 6.54 Å². The van der Waals surface area contributed by atoms with E-state index in [1.807, 2.05) is 32.2 Å². The van der Waals surface area contributed by atoms with E-state index in [0.29, 0.717) is 19.8 Å². The van der Waals surface area contributed by atoms with Crippen LogP contribution in [0.3, 0.4) is 0 Å². The van der Waals surface area contributed by atoms with E-state index in [-0.39, 0.29) is 11.7 Å². The van der Waals surface area contributed by atoms with Gasteiger partial charge in [-0.05, 0) is 43.2 Å². The number of rotatable bonds is 6. The molecule has 1 aromatic heterocycles. The molecule has 92 valence electrons. The molecule has 3 nitrogen and oxygen atoms in total. The Balaban J connectivity index is 2.25. The largest absolute Gasteiger partial charge is 0.373 e. The molecule has 1 atom stereocenters. The maximum Gasteiger partial charge on any atom is 0.0956 e. The van der Waals surface area contributed by atoms with Gasteiger partial charge >= 0.3 is 0 Å². The zero-order valence-electron chi connectivity index (χ0n) is 10.2. The SMILES string of the molecule is CC(C)(C)OCCOC(CN)c1ccsc1. The number of hydrogen-bond donors (Lipinski definition) is 1. The summed E-state index contributed by atoms with van der Waals surface area (Å²) in [5, 5.41) is 4.11. The highest BCUT2D eigenvalue weighted by Crippen LogP contribution is 2.19. The zero-order valence-corrected chi connectivity index (χ0v) is 11.0. The summed E-state index contributed by atoms with van der Waals surface area (Å²) >= 11 is 1.66. The highest BCUT2D eigenvalue weighted by Gasteiger charge is 2.12. The first-order valence-electron chi connectivity index (χ1n) is 5.50. The molecular formula is C12H21NO2S. The molecular weight excluding hydrogens is 222 g/mol. The van der Waals surface area contributed by atoms with Gasteiger partial charge in [0.05, 0.1) is 24.9 Å². The molecule has 0 saturated carbocycles. The molecule has 0 bridgehead atoms. The zero-order chi connectivity index (χ0) is 12.0. The van der Waals surface area contributed by atoms with E-state index >= 15 is 0 Å². The number of thiophene rings is 1. The maximum atomic E-state index is 5.69. The van der Waals surface area contributed by atoms with Gasteiger partial charge in [0.2, 0.25) is 0 Å². The van der Waals surface area contributed by atoms with Gasteiger partial charge in [-0.15, -0.1) is 0 Å². The first-order chi connectivity index (χ1) is 7.53. The van der Waals surface area contributed by atoms with Crippen LogP contribution in [0.4, 0.5) is 0 Å². The molecule has 0 aliphatic rings. The first kappa shape index (κ1) is 13.6. The average molecular weight is 243 g/mol. The molecule has 0 aliphatic carbocycles.